The zero-order valence-electron chi connectivity index (χ0n) is 13.7. The van der Waals surface area contributed by atoms with Gasteiger partial charge >= 0.3 is 0 Å². The Kier molecular flexibility index (Phi) is 4.76. The van der Waals surface area contributed by atoms with E-state index >= 15 is 0 Å². The molecular weight excluding hydrogens is 288 g/mol. The van der Waals surface area contributed by atoms with Crippen LogP contribution in [0.15, 0.2) is 36.4 Å². The van der Waals surface area contributed by atoms with Gasteiger partial charge in [0.15, 0.2) is 0 Å². The molecular formula is C18H24N4O. The minimum atomic E-state index is -0.183. The highest BCUT2D eigenvalue weighted by molar-refractivity contribution is 5.57. The van der Waals surface area contributed by atoms with Gasteiger partial charge in [-0.05, 0) is 31.9 Å². The molecule has 0 unspecified atom stereocenters. The summed E-state index contributed by atoms with van der Waals surface area (Å²) in [7, 11) is 1.97. The summed E-state index contributed by atoms with van der Waals surface area (Å²) in [5, 5.41) is 13.3. The van der Waals surface area contributed by atoms with Crippen molar-refractivity contribution in [3.63, 3.8) is 0 Å². The highest BCUT2D eigenvalue weighted by atomic mass is 16.3. The van der Waals surface area contributed by atoms with Crippen molar-refractivity contribution in [2.75, 3.05) is 23.8 Å². The van der Waals surface area contributed by atoms with Crippen LogP contribution in [0, 0.1) is 12.8 Å². The number of para-hydroxylation sites is 1. The van der Waals surface area contributed by atoms with E-state index in [-0.39, 0.29) is 6.10 Å². The SMILES string of the molecule is Cc1cc(NC[C@@H]2CCC[C@H]2O)nc(N(C)c2ccccc2)n1. The third-order valence-electron chi connectivity index (χ3n) is 4.45. The summed E-state index contributed by atoms with van der Waals surface area (Å²) in [4.78, 5) is 11.1. The normalized spacial score (nSPS) is 20.5. The standard InChI is InChI=1S/C18H24N4O/c1-13-11-17(19-12-14-7-6-10-16(14)23)21-18(20-13)22(2)15-8-4-3-5-9-15/h3-5,8-9,11,14,16,23H,6-7,10,12H2,1-2H3,(H,19,20,21)/t14-,16+/m0/s1. The van der Waals surface area contributed by atoms with Crippen LogP contribution in [0.1, 0.15) is 25.0 Å². The number of aliphatic hydroxyl groups is 1. The summed E-state index contributed by atoms with van der Waals surface area (Å²) in [6, 6.07) is 12.0. The van der Waals surface area contributed by atoms with Crippen molar-refractivity contribution in [1.29, 1.82) is 0 Å². The first kappa shape index (κ1) is 15.7. The van der Waals surface area contributed by atoms with E-state index < -0.39 is 0 Å². The van der Waals surface area contributed by atoms with Crippen molar-refractivity contribution in [2.45, 2.75) is 32.3 Å². The van der Waals surface area contributed by atoms with Crippen LogP contribution in [0.2, 0.25) is 0 Å². The summed E-state index contributed by atoms with van der Waals surface area (Å²) in [6.07, 6.45) is 2.92. The lowest BCUT2D eigenvalue weighted by Gasteiger charge is -2.20. The van der Waals surface area contributed by atoms with Crippen molar-refractivity contribution >= 4 is 17.5 Å². The third kappa shape index (κ3) is 3.79. The molecule has 1 aliphatic carbocycles. The first-order chi connectivity index (χ1) is 11.1. The van der Waals surface area contributed by atoms with Gasteiger partial charge in [0, 0.05) is 37.0 Å². The van der Waals surface area contributed by atoms with E-state index in [4.69, 9.17) is 0 Å². The second-order valence-electron chi connectivity index (χ2n) is 6.23. The summed E-state index contributed by atoms with van der Waals surface area (Å²) in [6.45, 7) is 2.73. The molecule has 0 amide bonds. The van der Waals surface area contributed by atoms with E-state index in [1.165, 1.54) is 0 Å². The molecule has 1 fully saturated rings. The maximum absolute atomic E-state index is 9.93. The second kappa shape index (κ2) is 6.96. The van der Waals surface area contributed by atoms with Crippen molar-refractivity contribution in [3.05, 3.63) is 42.1 Å². The number of aromatic nitrogens is 2. The average molecular weight is 312 g/mol. The number of hydrogen-bond acceptors (Lipinski definition) is 5. The van der Waals surface area contributed by atoms with Gasteiger partial charge in [-0.3, -0.25) is 0 Å². The molecule has 5 nitrogen and oxygen atoms in total. The number of anilines is 3. The van der Waals surface area contributed by atoms with Crippen molar-refractivity contribution in [2.24, 2.45) is 5.92 Å². The molecule has 0 spiro atoms. The van der Waals surface area contributed by atoms with Gasteiger partial charge in [-0.1, -0.05) is 24.6 Å². The summed E-state index contributed by atoms with van der Waals surface area (Å²) < 4.78 is 0. The van der Waals surface area contributed by atoms with Gasteiger partial charge in [0.05, 0.1) is 6.10 Å². The van der Waals surface area contributed by atoms with Gasteiger partial charge in [0.25, 0.3) is 0 Å². The van der Waals surface area contributed by atoms with E-state index in [0.29, 0.717) is 11.9 Å². The Labute approximate surface area is 137 Å². The monoisotopic (exact) mass is 312 g/mol. The summed E-state index contributed by atoms with van der Waals surface area (Å²) >= 11 is 0. The second-order valence-corrected chi connectivity index (χ2v) is 6.23. The van der Waals surface area contributed by atoms with Crippen LogP contribution in [0.5, 0.6) is 0 Å². The molecule has 0 saturated heterocycles. The smallest absolute Gasteiger partial charge is 0.231 e. The van der Waals surface area contributed by atoms with E-state index in [1.807, 2.05) is 55.3 Å². The van der Waals surface area contributed by atoms with Crippen LogP contribution in [0.3, 0.4) is 0 Å². The van der Waals surface area contributed by atoms with Crippen molar-refractivity contribution in [1.82, 2.24) is 9.97 Å². The average Bonchev–Trinajstić information content (AvgIpc) is 2.98. The number of nitrogens with one attached hydrogen (secondary N) is 1. The molecule has 0 radical (unpaired) electrons. The fourth-order valence-electron chi connectivity index (χ4n) is 3.05. The number of hydrogen-bond donors (Lipinski definition) is 2. The minimum Gasteiger partial charge on any atom is -0.393 e. The number of rotatable bonds is 5. The lowest BCUT2D eigenvalue weighted by molar-refractivity contribution is 0.138. The topological polar surface area (TPSA) is 61.3 Å². The van der Waals surface area contributed by atoms with Crippen LogP contribution < -0.4 is 10.2 Å². The van der Waals surface area contributed by atoms with Gasteiger partial charge in [-0.2, -0.15) is 4.98 Å². The Hall–Kier alpha value is -2.14. The van der Waals surface area contributed by atoms with E-state index in [9.17, 15) is 5.11 Å². The Morgan fingerprint density at radius 1 is 1.22 bits per heavy atom. The van der Waals surface area contributed by atoms with Gasteiger partial charge in [0.2, 0.25) is 5.95 Å². The zero-order chi connectivity index (χ0) is 16.2. The van der Waals surface area contributed by atoms with Crippen LogP contribution >= 0.6 is 0 Å². The quantitative estimate of drug-likeness (QED) is 0.888. The number of aliphatic hydroxyl groups excluding tert-OH is 1. The Morgan fingerprint density at radius 3 is 2.70 bits per heavy atom. The number of benzene rings is 1. The molecule has 2 atom stereocenters. The highest BCUT2D eigenvalue weighted by Crippen LogP contribution is 2.26. The molecule has 2 aromatic rings. The molecule has 1 aromatic carbocycles. The van der Waals surface area contributed by atoms with Crippen molar-refractivity contribution in [3.8, 4) is 0 Å². The fourth-order valence-corrected chi connectivity index (χ4v) is 3.05. The van der Waals surface area contributed by atoms with Crippen LogP contribution in [0.25, 0.3) is 0 Å². The predicted octanol–water partition coefficient (Wildman–Crippen LogP) is 3.13. The molecule has 1 aromatic heterocycles. The first-order valence-corrected chi connectivity index (χ1v) is 8.20. The predicted molar refractivity (Wildman–Crippen MR) is 93.1 cm³/mol. The Morgan fingerprint density at radius 2 is 2.00 bits per heavy atom. The fraction of sp³-hybridized carbons (Fsp3) is 0.444. The van der Waals surface area contributed by atoms with Crippen LogP contribution in [-0.4, -0.2) is 34.8 Å². The molecule has 1 heterocycles. The Balaban J connectivity index is 1.73. The lowest BCUT2D eigenvalue weighted by atomic mass is 10.1. The molecule has 2 N–H and O–H groups in total. The van der Waals surface area contributed by atoms with Gasteiger partial charge in [-0.15, -0.1) is 0 Å². The van der Waals surface area contributed by atoms with Gasteiger partial charge < -0.3 is 15.3 Å². The molecule has 3 rings (SSSR count). The number of aryl methyl sites for hydroxylation is 1. The maximum atomic E-state index is 9.93. The molecule has 0 aliphatic heterocycles. The molecule has 1 aliphatic rings. The molecule has 0 bridgehead atoms. The van der Waals surface area contributed by atoms with E-state index in [1.54, 1.807) is 0 Å². The van der Waals surface area contributed by atoms with Crippen LogP contribution in [0.4, 0.5) is 17.5 Å². The minimum absolute atomic E-state index is 0.183. The Bertz CT molecular complexity index is 647. The largest absolute Gasteiger partial charge is 0.393 e. The molecule has 122 valence electrons. The molecule has 1 saturated carbocycles. The molecule has 5 heteroatoms. The van der Waals surface area contributed by atoms with E-state index in [2.05, 4.69) is 15.3 Å². The summed E-state index contributed by atoms with van der Waals surface area (Å²) in [5.41, 5.74) is 1.97. The van der Waals surface area contributed by atoms with Gasteiger partial charge in [0.1, 0.15) is 5.82 Å². The third-order valence-corrected chi connectivity index (χ3v) is 4.45. The maximum Gasteiger partial charge on any atom is 0.231 e. The zero-order valence-corrected chi connectivity index (χ0v) is 13.7. The lowest BCUT2D eigenvalue weighted by Crippen LogP contribution is -2.23. The number of nitrogens with zero attached hydrogens (tertiary/aromatic N) is 3. The molecule has 23 heavy (non-hydrogen) atoms. The van der Waals surface area contributed by atoms with Gasteiger partial charge in [-0.25, -0.2) is 4.98 Å². The van der Waals surface area contributed by atoms with Crippen LogP contribution in [-0.2, 0) is 0 Å². The first-order valence-electron chi connectivity index (χ1n) is 8.20. The van der Waals surface area contributed by atoms with Crippen molar-refractivity contribution < 1.29 is 5.11 Å². The highest BCUT2D eigenvalue weighted by Gasteiger charge is 2.24. The summed E-state index contributed by atoms with van der Waals surface area (Å²) in [5.74, 6) is 1.81. The van der Waals surface area contributed by atoms with E-state index in [0.717, 1.165) is 43.0 Å².